The van der Waals surface area contributed by atoms with Crippen molar-refractivity contribution >= 4 is 19.8 Å². The number of phosphoric acid groups is 1. The first kappa shape index (κ1) is 23.0. The van der Waals surface area contributed by atoms with E-state index in [-0.39, 0.29) is 26.1 Å². The Morgan fingerprint density at radius 3 is 2.00 bits per heavy atom. The van der Waals surface area contributed by atoms with E-state index in [0.717, 1.165) is 14.2 Å². The van der Waals surface area contributed by atoms with E-state index in [0.29, 0.717) is 12.8 Å². The summed E-state index contributed by atoms with van der Waals surface area (Å²) in [5, 5.41) is 16.8. The molecule has 140 valence electrons. The third kappa shape index (κ3) is 10.5. The molecule has 0 fully saturated rings. The first-order chi connectivity index (χ1) is 11.9. The zero-order valence-electron chi connectivity index (χ0n) is 14.1. The number of hydrogen-bond donors (Lipinski definition) is 0. The lowest BCUT2D eigenvalue weighted by Gasteiger charge is -2.20. The average molecular weight is 376 g/mol. The molecule has 0 aliphatic carbocycles. The second-order valence-corrected chi connectivity index (χ2v) is 6.36. The van der Waals surface area contributed by atoms with Crippen molar-refractivity contribution in [1.29, 1.82) is 10.5 Å². The standard InChI is InChI=1S/C14H21N2O8P/c1-20-25(19,21-2)24-12(14(18)23-10-6-4-8-16)11-13(17)22-9-5-3-7-15/h12H,3-6,9-11H2,1-2H3. The smallest absolute Gasteiger partial charge is 0.466 e. The lowest BCUT2D eigenvalue weighted by atomic mass is 10.2. The van der Waals surface area contributed by atoms with Gasteiger partial charge in [0.1, 0.15) is 0 Å². The fraction of sp³-hybridized carbons (Fsp3) is 0.714. The van der Waals surface area contributed by atoms with Crippen molar-refractivity contribution in [3.05, 3.63) is 0 Å². The average Bonchev–Trinajstić information content (AvgIpc) is 2.61. The zero-order valence-corrected chi connectivity index (χ0v) is 15.0. The van der Waals surface area contributed by atoms with E-state index < -0.39 is 32.3 Å². The number of esters is 2. The quantitative estimate of drug-likeness (QED) is 0.265. The van der Waals surface area contributed by atoms with Gasteiger partial charge >= 0.3 is 19.8 Å². The maximum absolute atomic E-state index is 12.0. The first-order valence-corrected chi connectivity index (χ1v) is 8.84. The van der Waals surface area contributed by atoms with Crippen LogP contribution in [0.15, 0.2) is 0 Å². The predicted molar refractivity (Wildman–Crippen MR) is 82.7 cm³/mol. The van der Waals surface area contributed by atoms with Crippen molar-refractivity contribution in [2.75, 3.05) is 27.4 Å². The summed E-state index contributed by atoms with van der Waals surface area (Å²) < 4.78 is 35.9. The Kier molecular flexibility index (Phi) is 12.3. The summed E-state index contributed by atoms with van der Waals surface area (Å²) in [5.74, 6) is -1.75. The number of phosphoric ester groups is 1. The molecule has 0 bridgehead atoms. The van der Waals surface area contributed by atoms with E-state index in [9.17, 15) is 14.2 Å². The Morgan fingerprint density at radius 1 is 1.00 bits per heavy atom. The van der Waals surface area contributed by atoms with Gasteiger partial charge in [-0.3, -0.25) is 18.4 Å². The molecule has 0 saturated carbocycles. The van der Waals surface area contributed by atoms with Crippen LogP contribution in [0.2, 0.25) is 0 Å². The third-order valence-electron chi connectivity index (χ3n) is 2.69. The summed E-state index contributed by atoms with van der Waals surface area (Å²) in [4.78, 5) is 23.8. The molecule has 0 amide bonds. The Balaban J connectivity index is 4.74. The Bertz CT molecular complexity index is 546. The number of carbonyl (C=O) groups excluding carboxylic acids is 2. The van der Waals surface area contributed by atoms with Crippen molar-refractivity contribution in [1.82, 2.24) is 0 Å². The fourth-order valence-corrected chi connectivity index (χ4v) is 2.24. The minimum Gasteiger partial charge on any atom is -0.466 e. The predicted octanol–water partition coefficient (Wildman–Crippen LogP) is 1.86. The number of rotatable bonds is 13. The molecule has 11 heteroatoms. The molecule has 0 aromatic heterocycles. The Morgan fingerprint density at radius 2 is 1.52 bits per heavy atom. The van der Waals surface area contributed by atoms with Gasteiger partial charge in [0.05, 0.1) is 31.8 Å². The van der Waals surface area contributed by atoms with Gasteiger partial charge in [-0.05, 0) is 12.8 Å². The number of hydrogen-bond acceptors (Lipinski definition) is 10. The molecule has 0 heterocycles. The van der Waals surface area contributed by atoms with Crippen LogP contribution in [-0.2, 0) is 37.2 Å². The maximum atomic E-state index is 12.0. The van der Waals surface area contributed by atoms with E-state index in [1.165, 1.54) is 0 Å². The van der Waals surface area contributed by atoms with E-state index >= 15 is 0 Å². The number of nitrogens with zero attached hydrogens (tertiary/aromatic N) is 2. The second-order valence-electron chi connectivity index (χ2n) is 4.52. The van der Waals surface area contributed by atoms with Gasteiger partial charge in [-0.15, -0.1) is 0 Å². The lowest BCUT2D eigenvalue weighted by molar-refractivity contribution is -0.159. The van der Waals surface area contributed by atoms with Crippen LogP contribution in [-0.4, -0.2) is 45.5 Å². The largest absolute Gasteiger partial charge is 0.475 e. The highest BCUT2D eigenvalue weighted by molar-refractivity contribution is 7.48. The van der Waals surface area contributed by atoms with Crippen molar-refractivity contribution in [3.63, 3.8) is 0 Å². The summed E-state index contributed by atoms with van der Waals surface area (Å²) in [6.45, 7) is -0.0592. The fourth-order valence-electron chi connectivity index (χ4n) is 1.44. The van der Waals surface area contributed by atoms with Crippen LogP contribution in [0.4, 0.5) is 0 Å². The topological polar surface area (TPSA) is 145 Å². The summed E-state index contributed by atoms with van der Waals surface area (Å²) in [6.07, 6.45) is -1.07. The molecular weight excluding hydrogens is 355 g/mol. The molecule has 0 N–H and O–H groups in total. The van der Waals surface area contributed by atoms with Crippen molar-refractivity contribution in [2.24, 2.45) is 0 Å². The van der Waals surface area contributed by atoms with E-state index in [1.54, 1.807) is 0 Å². The van der Waals surface area contributed by atoms with Crippen molar-refractivity contribution in [2.45, 2.75) is 38.2 Å². The summed E-state index contributed by atoms with van der Waals surface area (Å²) in [6, 6.07) is 3.79. The summed E-state index contributed by atoms with van der Waals surface area (Å²) >= 11 is 0. The van der Waals surface area contributed by atoms with Gasteiger partial charge in [0.2, 0.25) is 0 Å². The van der Waals surface area contributed by atoms with Gasteiger partial charge in [0, 0.05) is 27.1 Å². The highest BCUT2D eigenvalue weighted by atomic mass is 31.2. The van der Waals surface area contributed by atoms with E-state index in [1.807, 2.05) is 12.1 Å². The monoisotopic (exact) mass is 376 g/mol. The number of carbonyl (C=O) groups is 2. The minimum absolute atomic E-state index is 0.00253. The van der Waals surface area contributed by atoms with Crippen molar-refractivity contribution < 1.29 is 37.2 Å². The van der Waals surface area contributed by atoms with Crippen LogP contribution in [0.5, 0.6) is 0 Å². The number of nitriles is 2. The third-order valence-corrected chi connectivity index (χ3v) is 4.10. The molecule has 1 unspecified atom stereocenters. The minimum atomic E-state index is -4.03. The molecule has 0 rings (SSSR count). The highest BCUT2D eigenvalue weighted by Gasteiger charge is 2.35. The normalized spacial score (nSPS) is 11.8. The zero-order chi connectivity index (χ0) is 19.1. The summed E-state index contributed by atoms with van der Waals surface area (Å²) in [7, 11) is -1.92. The molecular formula is C14H21N2O8P. The van der Waals surface area contributed by atoms with Crippen LogP contribution in [0.1, 0.15) is 32.1 Å². The SMILES string of the molecule is COP(=O)(OC)OC(CC(=O)OCCCC#N)C(=O)OCCCC#N. The van der Waals surface area contributed by atoms with Crippen LogP contribution in [0.3, 0.4) is 0 Å². The van der Waals surface area contributed by atoms with Crippen LogP contribution < -0.4 is 0 Å². The molecule has 0 saturated heterocycles. The molecule has 25 heavy (non-hydrogen) atoms. The van der Waals surface area contributed by atoms with Crippen LogP contribution in [0, 0.1) is 22.7 Å². The number of unbranched alkanes of at least 4 members (excludes halogenated alkanes) is 2. The molecule has 0 spiro atoms. The maximum Gasteiger partial charge on any atom is 0.475 e. The molecule has 0 aliphatic rings. The second kappa shape index (κ2) is 13.3. The molecule has 0 aromatic carbocycles. The van der Waals surface area contributed by atoms with Gasteiger partial charge in [-0.2, -0.15) is 10.5 Å². The first-order valence-electron chi connectivity index (χ1n) is 7.38. The number of ether oxygens (including phenoxy) is 2. The van der Waals surface area contributed by atoms with Gasteiger partial charge < -0.3 is 9.47 Å². The Labute approximate surface area is 146 Å². The molecule has 1 atom stereocenters. The summed E-state index contributed by atoms with van der Waals surface area (Å²) in [5.41, 5.74) is 0. The molecule has 0 aliphatic heterocycles. The van der Waals surface area contributed by atoms with Gasteiger partial charge in [-0.25, -0.2) is 9.36 Å². The van der Waals surface area contributed by atoms with Crippen molar-refractivity contribution in [3.8, 4) is 12.1 Å². The van der Waals surface area contributed by atoms with E-state index in [4.69, 9.17) is 24.5 Å². The Hall–Kier alpha value is -1.97. The molecule has 0 radical (unpaired) electrons. The van der Waals surface area contributed by atoms with Crippen LogP contribution in [0.25, 0.3) is 0 Å². The van der Waals surface area contributed by atoms with Gasteiger partial charge in [0.25, 0.3) is 0 Å². The molecule has 0 aromatic rings. The van der Waals surface area contributed by atoms with E-state index in [2.05, 4.69) is 9.05 Å². The van der Waals surface area contributed by atoms with Gasteiger partial charge in [0.15, 0.2) is 6.10 Å². The van der Waals surface area contributed by atoms with Crippen LogP contribution >= 0.6 is 7.82 Å². The molecule has 10 nitrogen and oxygen atoms in total. The lowest BCUT2D eigenvalue weighted by Crippen LogP contribution is -2.30. The van der Waals surface area contributed by atoms with Gasteiger partial charge in [-0.1, -0.05) is 0 Å². The highest BCUT2D eigenvalue weighted by Crippen LogP contribution is 2.49.